The van der Waals surface area contributed by atoms with Crippen LogP contribution in [0, 0.1) is 0 Å². The predicted molar refractivity (Wildman–Crippen MR) is 172 cm³/mol. The van der Waals surface area contributed by atoms with E-state index in [1.165, 1.54) is 36.4 Å². The van der Waals surface area contributed by atoms with Crippen molar-refractivity contribution in [1.29, 1.82) is 0 Å². The number of aliphatic hydroxyl groups excluding tert-OH is 1. The molecule has 0 aromatic heterocycles. The van der Waals surface area contributed by atoms with Gasteiger partial charge >= 0.3 is 29.8 Å². The Balaban J connectivity index is 1.13. The lowest BCUT2D eigenvalue weighted by Gasteiger charge is -2.31. The van der Waals surface area contributed by atoms with E-state index in [1.54, 1.807) is 6.07 Å². The van der Waals surface area contributed by atoms with Crippen molar-refractivity contribution in [2.45, 2.75) is 63.1 Å². The lowest BCUT2D eigenvalue weighted by Crippen LogP contribution is -2.27. The highest BCUT2D eigenvalue weighted by molar-refractivity contribution is 6.16. The number of esters is 5. The number of ether oxygens (including phenoxy) is 4. The first-order valence-electron chi connectivity index (χ1n) is 15.8. The number of hydrogen-bond acceptors (Lipinski definition) is 10. The molecule has 246 valence electrons. The zero-order valence-corrected chi connectivity index (χ0v) is 27.0. The van der Waals surface area contributed by atoms with Gasteiger partial charge in [0.25, 0.3) is 0 Å². The zero-order valence-electron chi connectivity index (χ0n) is 27.0. The van der Waals surface area contributed by atoms with E-state index in [9.17, 15) is 29.1 Å². The van der Waals surface area contributed by atoms with Crippen LogP contribution in [0.4, 0.5) is 0 Å². The Hall–Kier alpha value is -5.61. The predicted octanol–water partition coefficient (Wildman–Crippen LogP) is 6.25. The normalized spacial score (nSPS) is 21.1. The van der Waals surface area contributed by atoms with Gasteiger partial charge in [-0.05, 0) is 101 Å². The number of cyclic esters (lactones) is 4. The minimum Gasteiger partial charge on any atom is -0.461 e. The van der Waals surface area contributed by atoms with Gasteiger partial charge in [-0.2, -0.15) is 0 Å². The quantitative estimate of drug-likeness (QED) is 0.113. The second-order valence-corrected chi connectivity index (χ2v) is 14.4. The summed E-state index contributed by atoms with van der Waals surface area (Å²) in [4.78, 5) is 61.2. The molecule has 4 aromatic carbocycles. The molecule has 10 heteroatoms. The minimum atomic E-state index is -1.42. The van der Waals surface area contributed by atoms with E-state index in [0.717, 1.165) is 35.1 Å². The van der Waals surface area contributed by atoms with Crippen molar-refractivity contribution in [1.82, 2.24) is 0 Å². The van der Waals surface area contributed by atoms with Crippen molar-refractivity contribution in [3.8, 4) is 11.5 Å². The molecule has 49 heavy (non-hydrogen) atoms. The fraction of sp³-hybridized carbons (Fsp3) is 0.256. The Bertz CT molecular complexity index is 2210. The molecule has 4 aromatic rings. The molecule has 0 bridgehead atoms. The third kappa shape index (κ3) is 4.62. The first-order valence-corrected chi connectivity index (χ1v) is 15.8. The molecule has 8 rings (SSSR count). The van der Waals surface area contributed by atoms with E-state index in [4.69, 9.17) is 9.47 Å². The van der Waals surface area contributed by atoms with Gasteiger partial charge < -0.3 is 24.1 Å². The molecule has 2 atom stereocenters. The summed E-state index contributed by atoms with van der Waals surface area (Å²) in [6.07, 6.45) is 0.128. The van der Waals surface area contributed by atoms with Crippen LogP contribution in [-0.4, -0.2) is 35.0 Å². The van der Waals surface area contributed by atoms with Crippen molar-refractivity contribution >= 4 is 29.8 Å². The summed E-state index contributed by atoms with van der Waals surface area (Å²) in [5.41, 5.74) is 4.17. The van der Waals surface area contributed by atoms with Gasteiger partial charge in [0.1, 0.15) is 11.5 Å². The molecule has 2 aliphatic carbocycles. The summed E-state index contributed by atoms with van der Waals surface area (Å²) >= 11 is 0. The summed E-state index contributed by atoms with van der Waals surface area (Å²) in [7, 11) is 0. The highest BCUT2D eigenvalue weighted by Crippen LogP contribution is 2.63. The zero-order chi connectivity index (χ0) is 34.6. The number of hydrogen-bond donors (Lipinski definition) is 1. The Morgan fingerprint density at radius 2 is 1.14 bits per heavy atom. The second-order valence-electron chi connectivity index (χ2n) is 14.4. The van der Waals surface area contributed by atoms with Crippen molar-refractivity contribution in [3.05, 3.63) is 128 Å². The van der Waals surface area contributed by atoms with Crippen molar-refractivity contribution in [2.75, 3.05) is 0 Å². The van der Waals surface area contributed by atoms with Gasteiger partial charge in [0.15, 0.2) is 0 Å². The standard InChI is InChI=1S/C39H30O10/c1-37(2)17-39(29-15-21(7-11-27(29)37)46-31(40)19-5-9-23-25(13-19)35(44)48-33(23)42)18-38(3,4)28-12-8-22(16-30(28)39)47-32(41)20-6-10-24-26(14-20)36(45)49-34(24)43/h5-16,31,40H,17-18H2,1-4H3. The highest BCUT2D eigenvalue weighted by Gasteiger charge is 2.56. The molecule has 10 nitrogen and oxygen atoms in total. The van der Waals surface area contributed by atoms with Crippen LogP contribution >= 0.6 is 0 Å². The Morgan fingerprint density at radius 3 is 1.76 bits per heavy atom. The monoisotopic (exact) mass is 658 g/mol. The number of rotatable bonds is 5. The number of carbonyl (C=O) groups is 5. The molecule has 4 aliphatic rings. The fourth-order valence-corrected chi connectivity index (χ4v) is 8.28. The van der Waals surface area contributed by atoms with E-state index in [2.05, 4.69) is 37.2 Å². The first kappa shape index (κ1) is 30.7. The average molecular weight is 659 g/mol. The van der Waals surface area contributed by atoms with Gasteiger partial charge in [-0.15, -0.1) is 0 Å². The SMILES string of the molecule is CC1(C)CC2(CC(C)(C)c3ccc(OC(O)c4ccc5c(c4)C(=O)OC5=O)cc32)c2cc(OC(=O)c3ccc4c(c3)C(=O)OC4=O)ccc21. The maximum Gasteiger partial charge on any atom is 0.346 e. The molecule has 2 unspecified atom stereocenters. The van der Waals surface area contributed by atoms with Gasteiger partial charge in [-0.1, -0.05) is 45.9 Å². The fourth-order valence-electron chi connectivity index (χ4n) is 8.28. The Kier molecular flexibility index (Phi) is 6.39. The number of carbonyl (C=O) groups excluding carboxylic acids is 5. The molecule has 1 spiro atoms. The molecule has 0 saturated carbocycles. The molecular weight excluding hydrogens is 628 g/mol. The maximum absolute atomic E-state index is 13.3. The molecule has 0 fully saturated rings. The van der Waals surface area contributed by atoms with Gasteiger partial charge in [0.05, 0.1) is 27.8 Å². The van der Waals surface area contributed by atoms with Crippen molar-refractivity contribution in [2.24, 2.45) is 0 Å². The van der Waals surface area contributed by atoms with E-state index in [1.807, 2.05) is 30.3 Å². The van der Waals surface area contributed by atoms with Gasteiger partial charge in [0, 0.05) is 11.0 Å². The van der Waals surface area contributed by atoms with Crippen LogP contribution in [0.2, 0.25) is 0 Å². The topological polar surface area (TPSA) is 143 Å². The summed E-state index contributed by atoms with van der Waals surface area (Å²) in [6.45, 7) is 8.77. The number of benzene rings is 4. The largest absolute Gasteiger partial charge is 0.461 e. The number of fused-ring (bicyclic) bond motifs is 6. The summed E-state index contributed by atoms with van der Waals surface area (Å²) in [5.74, 6) is -2.96. The molecule has 0 amide bonds. The van der Waals surface area contributed by atoms with Crippen LogP contribution in [0.5, 0.6) is 11.5 Å². The molecule has 2 heterocycles. The highest BCUT2D eigenvalue weighted by atomic mass is 16.6. The van der Waals surface area contributed by atoms with E-state index in [0.29, 0.717) is 17.1 Å². The molecule has 2 aliphatic heterocycles. The summed E-state index contributed by atoms with van der Waals surface area (Å²) in [6, 6.07) is 19.9. The maximum atomic E-state index is 13.3. The van der Waals surface area contributed by atoms with Crippen LogP contribution in [-0.2, 0) is 25.7 Å². The Labute approximate surface area is 280 Å². The smallest absolute Gasteiger partial charge is 0.346 e. The molecule has 0 radical (unpaired) electrons. The summed E-state index contributed by atoms with van der Waals surface area (Å²) in [5, 5.41) is 11.0. The van der Waals surface area contributed by atoms with Gasteiger partial charge in [-0.25, -0.2) is 24.0 Å². The van der Waals surface area contributed by atoms with E-state index >= 15 is 0 Å². The van der Waals surface area contributed by atoms with Crippen molar-refractivity contribution in [3.63, 3.8) is 0 Å². The van der Waals surface area contributed by atoms with Gasteiger partial charge in [-0.3, -0.25) is 0 Å². The van der Waals surface area contributed by atoms with Crippen LogP contribution in [0.3, 0.4) is 0 Å². The second kappa shape index (κ2) is 10.2. The van der Waals surface area contributed by atoms with E-state index in [-0.39, 0.29) is 38.6 Å². The summed E-state index contributed by atoms with van der Waals surface area (Å²) < 4.78 is 21.2. The van der Waals surface area contributed by atoms with Crippen LogP contribution in [0.15, 0.2) is 72.8 Å². The lowest BCUT2D eigenvalue weighted by molar-refractivity contribution is -0.0195. The van der Waals surface area contributed by atoms with Crippen LogP contribution in [0.25, 0.3) is 0 Å². The lowest BCUT2D eigenvalue weighted by atomic mass is 9.72. The first-order chi connectivity index (χ1) is 23.2. The van der Waals surface area contributed by atoms with Crippen LogP contribution in [0.1, 0.15) is 126 Å². The third-order valence-corrected chi connectivity index (χ3v) is 10.3. The average Bonchev–Trinajstić information content (AvgIpc) is 3.67. The van der Waals surface area contributed by atoms with Crippen LogP contribution < -0.4 is 9.47 Å². The Morgan fingerprint density at radius 1 is 0.633 bits per heavy atom. The molecule has 0 saturated heterocycles. The molecular formula is C39H30O10. The van der Waals surface area contributed by atoms with E-state index < -0.39 is 41.6 Å². The third-order valence-electron chi connectivity index (χ3n) is 10.3. The van der Waals surface area contributed by atoms with Crippen molar-refractivity contribution < 1.29 is 48.0 Å². The van der Waals surface area contributed by atoms with Gasteiger partial charge in [0.2, 0.25) is 6.29 Å². The minimum absolute atomic E-state index is 0.0239. The molecule has 1 N–H and O–H groups in total. The number of aliphatic hydroxyl groups is 1.